The fraction of sp³-hybridized carbons (Fsp3) is 0.353. The Kier molecular flexibility index (Phi) is 5.75. The Hall–Kier alpha value is -3.12. The quantitative estimate of drug-likeness (QED) is 0.284. The summed E-state index contributed by atoms with van der Waals surface area (Å²) >= 11 is 1.04. The molecule has 0 spiro atoms. The van der Waals surface area contributed by atoms with Crippen molar-refractivity contribution in [2.24, 2.45) is 5.92 Å². The third-order valence-electron chi connectivity index (χ3n) is 4.49. The van der Waals surface area contributed by atoms with Crippen molar-refractivity contribution in [3.63, 3.8) is 0 Å². The van der Waals surface area contributed by atoms with E-state index in [0.29, 0.717) is 5.56 Å². The fourth-order valence-corrected chi connectivity index (χ4v) is 4.53. The van der Waals surface area contributed by atoms with Gasteiger partial charge in [0, 0.05) is 17.0 Å². The zero-order chi connectivity index (χ0) is 21.3. The maximum Gasteiger partial charge on any atom is 0.508 e. The van der Waals surface area contributed by atoms with Gasteiger partial charge in [-0.2, -0.15) is 0 Å². The average molecular weight is 424 g/mol. The van der Waals surface area contributed by atoms with E-state index in [1.165, 1.54) is 31.2 Å². The standard InChI is InChI=1S/C17H16N2O9S/c1-8(12-14(21)18-13(16(22)23)11(6-20)29-15(12)18)28-17(24)27-7-9-2-4-10(5-3-9)19(25)26/h2-5,8,12,15,20H,6-7H2,1H3,(H,22,23)/t8-,12+,15-/m1/s1. The van der Waals surface area contributed by atoms with Crippen LogP contribution in [0.15, 0.2) is 34.9 Å². The minimum absolute atomic E-state index is 0.0938. The Balaban J connectivity index is 1.54. The van der Waals surface area contributed by atoms with E-state index in [4.69, 9.17) is 9.47 Å². The number of benzene rings is 1. The van der Waals surface area contributed by atoms with Crippen LogP contribution in [0.1, 0.15) is 12.5 Å². The summed E-state index contributed by atoms with van der Waals surface area (Å²) in [5.41, 5.74) is 0.167. The van der Waals surface area contributed by atoms with Crippen LogP contribution in [0.3, 0.4) is 0 Å². The van der Waals surface area contributed by atoms with Gasteiger partial charge in [0.05, 0.1) is 11.5 Å². The molecule has 1 aromatic rings. The molecule has 1 fully saturated rings. The molecule has 2 heterocycles. The molecule has 0 saturated carbocycles. The van der Waals surface area contributed by atoms with Gasteiger partial charge >= 0.3 is 12.1 Å². The maximum absolute atomic E-state index is 12.4. The summed E-state index contributed by atoms with van der Waals surface area (Å²) in [6.45, 7) is 0.808. The third kappa shape index (κ3) is 3.89. The summed E-state index contributed by atoms with van der Waals surface area (Å²) in [7, 11) is 0. The summed E-state index contributed by atoms with van der Waals surface area (Å²) in [5.74, 6) is -2.60. The van der Waals surface area contributed by atoms with Gasteiger partial charge in [-0.15, -0.1) is 0 Å². The minimum Gasteiger partial charge on any atom is -0.477 e. The molecule has 3 rings (SSSR count). The number of β-lactam (4-membered cyclic amide) rings is 1. The van der Waals surface area contributed by atoms with Crippen LogP contribution in [0.25, 0.3) is 0 Å². The second-order valence-electron chi connectivity index (χ2n) is 6.26. The van der Waals surface area contributed by atoms with Crippen LogP contribution >= 0.6 is 11.8 Å². The number of carboxylic acids is 1. The van der Waals surface area contributed by atoms with Crippen LogP contribution < -0.4 is 0 Å². The number of hydrogen-bond donors (Lipinski definition) is 2. The van der Waals surface area contributed by atoms with E-state index in [1.54, 1.807) is 0 Å². The topological polar surface area (TPSA) is 157 Å². The Morgan fingerprint density at radius 3 is 2.55 bits per heavy atom. The SMILES string of the molecule is C[C@@H](OC(=O)OCc1ccc([N+](=O)[O-])cc1)[C@H]1C(=O)N2C(C(=O)O)=C(CO)S[C@H]12. The molecular formula is C17H16N2O9S. The number of aliphatic hydroxyl groups excluding tert-OH is 1. The van der Waals surface area contributed by atoms with Crippen LogP contribution in [0, 0.1) is 16.0 Å². The third-order valence-corrected chi connectivity index (χ3v) is 5.84. The number of nitro benzene ring substituents is 1. The van der Waals surface area contributed by atoms with Crippen molar-refractivity contribution in [1.82, 2.24) is 4.90 Å². The number of amides is 1. The van der Waals surface area contributed by atoms with Gasteiger partial charge in [-0.25, -0.2) is 9.59 Å². The lowest BCUT2D eigenvalue weighted by Crippen LogP contribution is -2.61. The van der Waals surface area contributed by atoms with E-state index in [-0.39, 0.29) is 22.9 Å². The molecule has 0 aliphatic carbocycles. The van der Waals surface area contributed by atoms with Gasteiger partial charge in [-0.05, 0) is 24.6 Å². The van der Waals surface area contributed by atoms with Crippen LogP contribution in [-0.2, 0) is 25.7 Å². The van der Waals surface area contributed by atoms with Gasteiger partial charge in [0.2, 0.25) is 5.91 Å². The minimum atomic E-state index is -1.31. The van der Waals surface area contributed by atoms with E-state index in [9.17, 15) is 34.7 Å². The van der Waals surface area contributed by atoms with Crippen molar-refractivity contribution in [3.8, 4) is 0 Å². The summed E-state index contributed by atoms with van der Waals surface area (Å²) in [5, 5.41) is 28.6. The normalized spacial score (nSPS) is 21.3. The number of ether oxygens (including phenoxy) is 2. The molecule has 0 bridgehead atoms. The molecule has 12 heteroatoms. The van der Waals surface area contributed by atoms with E-state index in [2.05, 4.69) is 0 Å². The first-order chi connectivity index (χ1) is 13.7. The van der Waals surface area contributed by atoms with Crippen molar-refractivity contribution < 1.29 is 39.0 Å². The van der Waals surface area contributed by atoms with Gasteiger partial charge in [-0.1, -0.05) is 11.8 Å². The Morgan fingerprint density at radius 2 is 2.00 bits per heavy atom. The second-order valence-corrected chi connectivity index (χ2v) is 7.47. The van der Waals surface area contributed by atoms with Gasteiger partial charge in [-0.3, -0.25) is 19.8 Å². The molecule has 2 aliphatic heterocycles. The number of rotatable bonds is 7. The zero-order valence-electron chi connectivity index (χ0n) is 15.0. The number of aliphatic hydroxyl groups is 1. The first kappa shape index (κ1) is 20.6. The predicted octanol–water partition coefficient (Wildman–Crippen LogP) is 1.46. The fourth-order valence-electron chi connectivity index (χ4n) is 3.07. The Labute approximate surface area is 168 Å². The zero-order valence-corrected chi connectivity index (χ0v) is 15.8. The molecular weight excluding hydrogens is 408 g/mol. The van der Waals surface area contributed by atoms with Gasteiger partial charge in [0.25, 0.3) is 5.69 Å². The van der Waals surface area contributed by atoms with Crippen LogP contribution in [0.2, 0.25) is 0 Å². The number of aliphatic carboxylic acids is 1. The summed E-state index contributed by atoms with van der Waals surface area (Å²) in [6, 6.07) is 5.43. The highest BCUT2D eigenvalue weighted by atomic mass is 32.2. The molecule has 154 valence electrons. The molecule has 1 amide bonds. The van der Waals surface area contributed by atoms with Crippen LogP contribution in [-0.4, -0.2) is 56.2 Å². The van der Waals surface area contributed by atoms with Gasteiger partial charge < -0.3 is 19.7 Å². The molecule has 3 atom stereocenters. The molecule has 2 N–H and O–H groups in total. The number of thioether (sulfide) groups is 1. The highest BCUT2D eigenvalue weighted by molar-refractivity contribution is 8.04. The lowest BCUT2D eigenvalue weighted by atomic mass is 9.92. The van der Waals surface area contributed by atoms with Crippen molar-refractivity contribution in [1.29, 1.82) is 0 Å². The lowest BCUT2D eigenvalue weighted by Gasteiger charge is -2.44. The van der Waals surface area contributed by atoms with Crippen LogP contribution in [0.4, 0.5) is 10.5 Å². The second kappa shape index (κ2) is 8.09. The number of hydrogen-bond acceptors (Lipinski definition) is 9. The summed E-state index contributed by atoms with van der Waals surface area (Å²) in [4.78, 5) is 46.9. The molecule has 29 heavy (non-hydrogen) atoms. The van der Waals surface area contributed by atoms with Crippen LogP contribution in [0.5, 0.6) is 0 Å². The van der Waals surface area contributed by atoms with Gasteiger partial charge in [0.1, 0.15) is 29.7 Å². The monoisotopic (exact) mass is 424 g/mol. The largest absolute Gasteiger partial charge is 0.508 e. The van der Waals surface area contributed by atoms with E-state index in [1.807, 2.05) is 0 Å². The van der Waals surface area contributed by atoms with Gasteiger partial charge in [0.15, 0.2) is 0 Å². The average Bonchev–Trinajstić information content (AvgIpc) is 3.01. The van der Waals surface area contributed by atoms with Crippen molar-refractivity contribution in [2.45, 2.75) is 25.0 Å². The number of carbonyl (C=O) groups is 3. The maximum atomic E-state index is 12.4. The first-order valence-corrected chi connectivity index (χ1v) is 9.26. The van der Waals surface area contributed by atoms with Crippen molar-refractivity contribution in [3.05, 3.63) is 50.5 Å². The number of nitro groups is 1. The highest BCUT2D eigenvalue weighted by Crippen LogP contribution is 2.50. The summed E-state index contributed by atoms with van der Waals surface area (Å²) in [6.07, 6.45) is -1.91. The van der Waals surface area contributed by atoms with E-state index in [0.717, 1.165) is 16.7 Å². The Bertz CT molecular complexity index is 899. The number of nitrogens with zero attached hydrogens (tertiary/aromatic N) is 2. The molecule has 1 saturated heterocycles. The molecule has 0 aromatic heterocycles. The lowest BCUT2D eigenvalue weighted by molar-refractivity contribution is -0.384. The number of non-ortho nitro benzene ring substituents is 1. The van der Waals surface area contributed by atoms with Crippen molar-refractivity contribution >= 4 is 35.5 Å². The molecule has 11 nitrogen and oxygen atoms in total. The predicted molar refractivity (Wildman–Crippen MR) is 97.3 cm³/mol. The molecule has 2 aliphatic rings. The highest BCUT2D eigenvalue weighted by Gasteiger charge is 2.58. The number of carboxylic acid groups (broad SMARTS) is 1. The number of carbonyl (C=O) groups excluding carboxylic acids is 2. The summed E-state index contributed by atoms with van der Waals surface area (Å²) < 4.78 is 10.1. The molecule has 1 aromatic carbocycles. The number of fused-ring (bicyclic) bond motifs is 1. The van der Waals surface area contributed by atoms with E-state index < -0.39 is 47.0 Å². The Morgan fingerprint density at radius 1 is 1.34 bits per heavy atom. The molecule has 0 radical (unpaired) electrons. The van der Waals surface area contributed by atoms with E-state index >= 15 is 0 Å². The molecule has 0 unspecified atom stereocenters. The smallest absolute Gasteiger partial charge is 0.477 e. The van der Waals surface area contributed by atoms with Crippen molar-refractivity contribution in [2.75, 3.05) is 6.61 Å². The first-order valence-electron chi connectivity index (χ1n) is 8.38.